The fourth-order valence-electron chi connectivity index (χ4n) is 2.14. The van der Waals surface area contributed by atoms with Gasteiger partial charge in [-0.15, -0.1) is 0 Å². The lowest BCUT2D eigenvalue weighted by molar-refractivity contribution is -0.134. The third-order valence-corrected chi connectivity index (χ3v) is 3.40. The van der Waals surface area contributed by atoms with Crippen LogP contribution >= 0.6 is 0 Å². The van der Waals surface area contributed by atoms with Gasteiger partial charge in [0.1, 0.15) is 11.6 Å². The third kappa shape index (κ3) is 6.59. The zero-order chi connectivity index (χ0) is 18.1. The van der Waals surface area contributed by atoms with Gasteiger partial charge in [0.05, 0.1) is 0 Å². The molecule has 1 aromatic carbocycles. The van der Waals surface area contributed by atoms with Crippen molar-refractivity contribution in [2.24, 2.45) is 0 Å². The van der Waals surface area contributed by atoms with Gasteiger partial charge in [-0.2, -0.15) is 0 Å². The van der Waals surface area contributed by atoms with Crippen LogP contribution in [0.1, 0.15) is 44.2 Å². The molecule has 2 rings (SSSR count). The number of hydrogen-bond acceptors (Lipinski definition) is 4. The van der Waals surface area contributed by atoms with Crippen molar-refractivity contribution in [2.75, 3.05) is 5.32 Å². The van der Waals surface area contributed by atoms with Crippen molar-refractivity contribution in [3.63, 3.8) is 0 Å². The Kier molecular flexibility index (Phi) is 6.89. The van der Waals surface area contributed by atoms with Gasteiger partial charge in [0.15, 0.2) is 0 Å². The second-order valence-corrected chi connectivity index (χ2v) is 5.64. The number of amides is 1. The van der Waals surface area contributed by atoms with Crippen LogP contribution in [0.15, 0.2) is 42.6 Å². The van der Waals surface area contributed by atoms with Crippen LogP contribution in [0.25, 0.3) is 12.2 Å². The molecule has 0 radical (unpaired) electrons. The summed E-state index contributed by atoms with van der Waals surface area (Å²) in [4.78, 5) is 26.7. The monoisotopic (exact) mass is 338 g/mol. The first-order valence-corrected chi connectivity index (χ1v) is 8.29. The first-order valence-electron chi connectivity index (χ1n) is 8.29. The number of ether oxygens (including phenoxy) is 1. The zero-order valence-corrected chi connectivity index (χ0v) is 14.5. The van der Waals surface area contributed by atoms with E-state index in [4.69, 9.17) is 4.74 Å². The van der Waals surface area contributed by atoms with Crippen molar-refractivity contribution in [1.82, 2.24) is 4.98 Å². The number of pyridine rings is 1. The molecule has 1 aromatic heterocycles. The van der Waals surface area contributed by atoms with Gasteiger partial charge >= 0.3 is 5.97 Å². The molecule has 1 heterocycles. The number of carbonyl (C=O) groups excluding carboxylic acids is 2. The highest BCUT2D eigenvalue weighted by atomic mass is 16.5. The molecule has 0 saturated carbocycles. The molecule has 0 aliphatic carbocycles. The Labute approximate surface area is 147 Å². The molecule has 0 aliphatic rings. The summed E-state index contributed by atoms with van der Waals surface area (Å²) in [6.45, 7) is 3.48. The number of benzene rings is 1. The number of unbranched alkanes of at least 4 members (excludes halogenated alkanes) is 1. The van der Waals surface area contributed by atoms with Crippen LogP contribution in [0.2, 0.25) is 0 Å². The number of carbonyl (C=O) groups is 2. The molecule has 0 spiro atoms. The molecule has 0 bridgehead atoms. The van der Waals surface area contributed by atoms with E-state index < -0.39 is 0 Å². The number of anilines is 1. The molecule has 0 aliphatic heterocycles. The Morgan fingerprint density at radius 2 is 1.84 bits per heavy atom. The summed E-state index contributed by atoms with van der Waals surface area (Å²) in [5.74, 6) is 0.712. The molecular weight excluding hydrogens is 316 g/mol. The van der Waals surface area contributed by atoms with E-state index in [2.05, 4.69) is 10.3 Å². The van der Waals surface area contributed by atoms with Crippen LogP contribution in [-0.2, 0) is 9.59 Å². The van der Waals surface area contributed by atoms with E-state index in [9.17, 15) is 9.59 Å². The molecule has 2 aromatic rings. The predicted octanol–water partition coefficient (Wildman–Crippen LogP) is 4.31. The lowest BCUT2D eigenvalue weighted by Crippen LogP contribution is -2.07. The van der Waals surface area contributed by atoms with Crippen molar-refractivity contribution in [3.05, 3.63) is 53.7 Å². The summed E-state index contributed by atoms with van der Waals surface area (Å²) < 4.78 is 5.28. The third-order valence-electron chi connectivity index (χ3n) is 3.40. The molecule has 25 heavy (non-hydrogen) atoms. The van der Waals surface area contributed by atoms with Gasteiger partial charge in [-0.25, -0.2) is 4.98 Å². The van der Waals surface area contributed by atoms with Crippen LogP contribution in [0, 0.1) is 0 Å². The molecule has 0 atom stereocenters. The van der Waals surface area contributed by atoms with E-state index in [1.807, 2.05) is 37.3 Å². The Balaban J connectivity index is 1.97. The average molecular weight is 338 g/mol. The minimum Gasteiger partial charge on any atom is -0.427 e. The summed E-state index contributed by atoms with van der Waals surface area (Å²) in [5.41, 5.74) is 1.90. The predicted molar refractivity (Wildman–Crippen MR) is 99.1 cm³/mol. The average Bonchev–Trinajstić information content (AvgIpc) is 2.59. The van der Waals surface area contributed by atoms with E-state index in [0.29, 0.717) is 18.0 Å². The zero-order valence-electron chi connectivity index (χ0n) is 14.5. The van der Waals surface area contributed by atoms with Gasteiger partial charge in [0.25, 0.3) is 0 Å². The van der Waals surface area contributed by atoms with Crippen LogP contribution in [-0.4, -0.2) is 16.9 Å². The second-order valence-electron chi connectivity index (χ2n) is 5.64. The number of hydrogen-bond donors (Lipinski definition) is 1. The fourth-order valence-corrected chi connectivity index (χ4v) is 2.14. The van der Waals surface area contributed by atoms with E-state index in [1.54, 1.807) is 24.4 Å². The van der Waals surface area contributed by atoms with Crippen molar-refractivity contribution < 1.29 is 14.3 Å². The normalized spacial score (nSPS) is 10.6. The van der Waals surface area contributed by atoms with E-state index in [-0.39, 0.29) is 11.9 Å². The summed E-state index contributed by atoms with van der Waals surface area (Å²) >= 11 is 0. The lowest BCUT2D eigenvalue weighted by atomic mass is 10.1. The first kappa shape index (κ1) is 18.4. The Hall–Kier alpha value is -2.95. The van der Waals surface area contributed by atoms with Crippen LogP contribution < -0.4 is 10.1 Å². The number of esters is 1. The number of nitrogens with one attached hydrogen (secondary N) is 1. The smallest absolute Gasteiger partial charge is 0.311 e. The highest BCUT2D eigenvalue weighted by molar-refractivity contribution is 5.88. The molecule has 5 heteroatoms. The SMILES string of the molecule is CCCCC(=O)Oc1ccc(/C=C/c2ccnc(NC(C)=O)c2)cc1. The van der Waals surface area contributed by atoms with Crippen LogP contribution in [0.5, 0.6) is 5.75 Å². The number of nitrogens with zero attached hydrogens (tertiary/aromatic N) is 1. The van der Waals surface area contributed by atoms with Gasteiger partial charge in [0, 0.05) is 19.5 Å². The minimum atomic E-state index is -0.201. The molecule has 1 amide bonds. The van der Waals surface area contributed by atoms with Crippen molar-refractivity contribution in [2.45, 2.75) is 33.1 Å². The van der Waals surface area contributed by atoms with Crippen LogP contribution in [0.4, 0.5) is 5.82 Å². The highest BCUT2D eigenvalue weighted by Crippen LogP contribution is 2.16. The molecule has 130 valence electrons. The summed E-state index contributed by atoms with van der Waals surface area (Å²) in [7, 11) is 0. The Morgan fingerprint density at radius 1 is 1.12 bits per heavy atom. The van der Waals surface area contributed by atoms with Gasteiger partial charge in [-0.3, -0.25) is 9.59 Å². The van der Waals surface area contributed by atoms with E-state index >= 15 is 0 Å². The Morgan fingerprint density at radius 3 is 2.52 bits per heavy atom. The maximum absolute atomic E-state index is 11.6. The second kappa shape index (κ2) is 9.37. The van der Waals surface area contributed by atoms with E-state index in [1.165, 1.54) is 6.92 Å². The molecule has 0 saturated heterocycles. The van der Waals surface area contributed by atoms with Crippen LogP contribution in [0.3, 0.4) is 0 Å². The van der Waals surface area contributed by atoms with Gasteiger partial charge in [-0.05, 0) is 41.8 Å². The molecule has 0 unspecified atom stereocenters. The minimum absolute atomic E-state index is 0.155. The quantitative estimate of drug-likeness (QED) is 0.603. The van der Waals surface area contributed by atoms with Gasteiger partial charge in [0.2, 0.25) is 5.91 Å². The van der Waals surface area contributed by atoms with Crippen molar-refractivity contribution in [3.8, 4) is 5.75 Å². The number of aromatic nitrogens is 1. The Bertz CT molecular complexity index is 752. The molecule has 0 fully saturated rings. The van der Waals surface area contributed by atoms with E-state index in [0.717, 1.165) is 24.0 Å². The van der Waals surface area contributed by atoms with Crippen molar-refractivity contribution in [1.29, 1.82) is 0 Å². The maximum atomic E-state index is 11.6. The van der Waals surface area contributed by atoms with Gasteiger partial charge in [-0.1, -0.05) is 37.6 Å². The number of rotatable bonds is 7. The summed E-state index contributed by atoms with van der Waals surface area (Å²) in [5, 5.41) is 2.65. The van der Waals surface area contributed by atoms with Crippen molar-refractivity contribution >= 4 is 29.8 Å². The fraction of sp³-hybridized carbons (Fsp3) is 0.250. The topological polar surface area (TPSA) is 68.3 Å². The summed E-state index contributed by atoms with van der Waals surface area (Å²) in [6, 6.07) is 11.0. The maximum Gasteiger partial charge on any atom is 0.311 e. The summed E-state index contributed by atoms with van der Waals surface area (Å²) in [6.07, 6.45) is 7.76. The molecule has 5 nitrogen and oxygen atoms in total. The molecule has 1 N–H and O–H groups in total. The molecular formula is C20H22N2O3. The highest BCUT2D eigenvalue weighted by Gasteiger charge is 2.03. The largest absolute Gasteiger partial charge is 0.427 e. The lowest BCUT2D eigenvalue weighted by Gasteiger charge is -2.04. The first-order chi connectivity index (χ1) is 12.1. The standard InChI is InChI=1S/C20H22N2O3/c1-3-4-5-20(24)25-18-10-8-16(9-11-18)6-7-17-12-13-21-19(14-17)22-15(2)23/h6-14H,3-5H2,1-2H3,(H,21,22,23)/b7-6+. The van der Waals surface area contributed by atoms with Gasteiger partial charge < -0.3 is 10.1 Å².